The van der Waals surface area contributed by atoms with Crippen LogP contribution in [0.4, 0.5) is 5.69 Å². The fraction of sp³-hybridized carbons (Fsp3) is 0.500. The van der Waals surface area contributed by atoms with Gasteiger partial charge in [0.05, 0.1) is 0 Å². The Labute approximate surface area is 119 Å². The summed E-state index contributed by atoms with van der Waals surface area (Å²) in [6.07, 6.45) is 1.33. The molecular formula is C14H20ClN3O. The van der Waals surface area contributed by atoms with E-state index in [1.54, 1.807) is 0 Å². The zero-order valence-electron chi connectivity index (χ0n) is 11.0. The number of hydrogen-bond donors (Lipinski definition) is 1. The number of rotatable bonds is 5. The summed E-state index contributed by atoms with van der Waals surface area (Å²) >= 11 is 6.01. The molecule has 4 nitrogen and oxygen atoms in total. The summed E-state index contributed by atoms with van der Waals surface area (Å²) in [5.74, 6) is -0.211. The van der Waals surface area contributed by atoms with Crippen LogP contribution in [-0.4, -0.2) is 43.5 Å². The van der Waals surface area contributed by atoms with Gasteiger partial charge in [-0.25, -0.2) is 0 Å². The summed E-state index contributed by atoms with van der Waals surface area (Å²) in [6.45, 7) is 4.98. The van der Waals surface area contributed by atoms with E-state index >= 15 is 0 Å². The maximum absolute atomic E-state index is 10.7. The van der Waals surface area contributed by atoms with Crippen LogP contribution in [0.2, 0.25) is 5.02 Å². The van der Waals surface area contributed by atoms with Gasteiger partial charge < -0.3 is 10.6 Å². The van der Waals surface area contributed by atoms with Gasteiger partial charge in [0.2, 0.25) is 5.91 Å². The molecule has 1 fully saturated rings. The van der Waals surface area contributed by atoms with Gasteiger partial charge in [0.25, 0.3) is 0 Å². The average molecular weight is 282 g/mol. The number of nitrogens with two attached hydrogens (primary N) is 1. The first kappa shape index (κ1) is 14.2. The van der Waals surface area contributed by atoms with Gasteiger partial charge in [0.1, 0.15) is 0 Å². The van der Waals surface area contributed by atoms with E-state index in [4.69, 9.17) is 17.3 Å². The molecule has 0 radical (unpaired) electrons. The topological polar surface area (TPSA) is 49.6 Å². The number of carbonyl (C=O) groups is 1. The van der Waals surface area contributed by atoms with Crippen LogP contribution < -0.4 is 10.6 Å². The third-order valence-corrected chi connectivity index (χ3v) is 3.68. The molecule has 1 heterocycles. The first-order valence-electron chi connectivity index (χ1n) is 6.66. The summed E-state index contributed by atoms with van der Waals surface area (Å²) in [7, 11) is 0. The number of hydrogen-bond acceptors (Lipinski definition) is 3. The van der Waals surface area contributed by atoms with Crippen molar-refractivity contribution in [2.24, 2.45) is 5.73 Å². The highest BCUT2D eigenvalue weighted by Crippen LogP contribution is 2.20. The molecule has 5 heteroatoms. The van der Waals surface area contributed by atoms with Gasteiger partial charge >= 0.3 is 0 Å². The van der Waals surface area contributed by atoms with Gasteiger partial charge in [0, 0.05) is 43.3 Å². The second-order valence-corrected chi connectivity index (χ2v) is 5.31. The van der Waals surface area contributed by atoms with Crippen molar-refractivity contribution < 1.29 is 4.79 Å². The molecule has 1 aliphatic heterocycles. The Balaban J connectivity index is 1.77. The van der Waals surface area contributed by atoms with Crippen molar-refractivity contribution in [3.63, 3.8) is 0 Å². The number of halogens is 1. The van der Waals surface area contributed by atoms with Crippen LogP contribution in [0.25, 0.3) is 0 Å². The Morgan fingerprint density at radius 3 is 2.63 bits per heavy atom. The molecule has 1 amide bonds. The maximum atomic E-state index is 10.7. The first-order chi connectivity index (χ1) is 9.15. The van der Waals surface area contributed by atoms with Gasteiger partial charge in [-0.3, -0.25) is 9.69 Å². The fourth-order valence-corrected chi connectivity index (χ4v) is 2.56. The number of piperazine rings is 1. The second-order valence-electron chi connectivity index (χ2n) is 4.88. The Morgan fingerprint density at radius 2 is 2.00 bits per heavy atom. The van der Waals surface area contributed by atoms with Crippen LogP contribution in [0.5, 0.6) is 0 Å². The molecule has 1 aliphatic rings. The maximum Gasteiger partial charge on any atom is 0.217 e. The SMILES string of the molecule is NC(=O)CCCN1CCN(c2cccc(Cl)c2)CC1. The first-order valence-corrected chi connectivity index (χ1v) is 7.04. The number of anilines is 1. The zero-order chi connectivity index (χ0) is 13.7. The summed E-state index contributed by atoms with van der Waals surface area (Å²) in [5.41, 5.74) is 6.33. The minimum Gasteiger partial charge on any atom is -0.370 e. The Morgan fingerprint density at radius 1 is 1.26 bits per heavy atom. The van der Waals surface area contributed by atoms with E-state index in [0.717, 1.165) is 44.2 Å². The largest absolute Gasteiger partial charge is 0.370 e. The van der Waals surface area contributed by atoms with E-state index < -0.39 is 0 Å². The quantitative estimate of drug-likeness (QED) is 0.894. The molecule has 1 aromatic carbocycles. The lowest BCUT2D eigenvalue weighted by molar-refractivity contribution is -0.118. The van der Waals surface area contributed by atoms with Crippen molar-refractivity contribution in [3.8, 4) is 0 Å². The number of primary amides is 1. The normalized spacial score (nSPS) is 16.6. The highest BCUT2D eigenvalue weighted by atomic mass is 35.5. The molecule has 0 aliphatic carbocycles. The predicted octanol–water partition coefficient (Wildman–Crippen LogP) is 1.73. The predicted molar refractivity (Wildman–Crippen MR) is 78.5 cm³/mol. The minimum absolute atomic E-state index is 0.211. The van der Waals surface area contributed by atoms with Gasteiger partial charge in [-0.2, -0.15) is 0 Å². The molecule has 1 aromatic rings. The molecule has 2 N–H and O–H groups in total. The van der Waals surface area contributed by atoms with Crippen LogP contribution in [0.3, 0.4) is 0 Å². The monoisotopic (exact) mass is 281 g/mol. The summed E-state index contributed by atoms with van der Waals surface area (Å²) in [6, 6.07) is 7.97. The summed E-state index contributed by atoms with van der Waals surface area (Å²) in [4.78, 5) is 15.4. The van der Waals surface area contributed by atoms with Crippen LogP contribution in [0, 0.1) is 0 Å². The second kappa shape index (κ2) is 6.78. The van der Waals surface area contributed by atoms with Crippen molar-refractivity contribution in [2.75, 3.05) is 37.6 Å². The smallest absolute Gasteiger partial charge is 0.217 e. The van der Waals surface area contributed by atoms with Gasteiger partial charge in [-0.15, -0.1) is 0 Å². The van der Waals surface area contributed by atoms with Gasteiger partial charge in [0.15, 0.2) is 0 Å². The molecule has 0 spiro atoms. The molecule has 104 valence electrons. The molecule has 19 heavy (non-hydrogen) atoms. The Hall–Kier alpha value is -1.26. The number of amides is 1. The zero-order valence-corrected chi connectivity index (χ0v) is 11.8. The minimum atomic E-state index is -0.211. The third kappa shape index (κ3) is 4.40. The lowest BCUT2D eigenvalue weighted by Crippen LogP contribution is -2.46. The van der Waals surface area contributed by atoms with Crippen LogP contribution in [-0.2, 0) is 4.79 Å². The Kier molecular flexibility index (Phi) is 5.05. The molecular weight excluding hydrogens is 262 g/mol. The van der Waals surface area contributed by atoms with Crippen molar-refractivity contribution in [3.05, 3.63) is 29.3 Å². The molecule has 0 saturated carbocycles. The van der Waals surface area contributed by atoms with Gasteiger partial charge in [-0.1, -0.05) is 17.7 Å². The summed E-state index contributed by atoms with van der Waals surface area (Å²) in [5, 5.41) is 0.779. The summed E-state index contributed by atoms with van der Waals surface area (Å²) < 4.78 is 0. The molecule has 2 rings (SSSR count). The molecule has 0 bridgehead atoms. The van der Waals surface area contributed by atoms with Gasteiger partial charge in [-0.05, 0) is 31.2 Å². The highest BCUT2D eigenvalue weighted by molar-refractivity contribution is 6.30. The van der Waals surface area contributed by atoms with E-state index in [2.05, 4.69) is 15.9 Å². The third-order valence-electron chi connectivity index (χ3n) is 3.44. The van der Waals surface area contributed by atoms with E-state index in [1.165, 1.54) is 5.69 Å². The molecule has 0 unspecified atom stereocenters. The average Bonchev–Trinajstić information content (AvgIpc) is 2.39. The van der Waals surface area contributed by atoms with Crippen molar-refractivity contribution >= 4 is 23.2 Å². The van der Waals surface area contributed by atoms with Crippen LogP contribution >= 0.6 is 11.6 Å². The number of carbonyl (C=O) groups excluding carboxylic acids is 1. The van der Waals surface area contributed by atoms with Crippen molar-refractivity contribution in [1.82, 2.24) is 4.90 Å². The lowest BCUT2D eigenvalue weighted by atomic mass is 10.2. The fourth-order valence-electron chi connectivity index (χ4n) is 2.38. The van der Waals surface area contributed by atoms with E-state index in [1.807, 2.05) is 18.2 Å². The molecule has 0 aromatic heterocycles. The Bertz CT molecular complexity index is 430. The molecule has 0 atom stereocenters. The van der Waals surface area contributed by atoms with E-state index in [-0.39, 0.29) is 5.91 Å². The molecule has 1 saturated heterocycles. The number of benzene rings is 1. The standard InChI is InChI=1S/C14H20ClN3O/c15-12-3-1-4-13(11-12)18-9-7-17(8-10-18)6-2-5-14(16)19/h1,3-4,11H,2,5-10H2,(H2,16,19). The lowest BCUT2D eigenvalue weighted by Gasteiger charge is -2.36. The van der Waals surface area contributed by atoms with Crippen LogP contribution in [0.15, 0.2) is 24.3 Å². The van der Waals surface area contributed by atoms with Crippen molar-refractivity contribution in [2.45, 2.75) is 12.8 Å². The van der Waals surface area contributed by atoms with Crippen LogP contribution in [0.1, 0.15) is 12.8 Å². The van der Waals surface area contributed by atoms with E-state index in [9.17, 15) is 4.79 Å². The highest BCUT2D eigenvalue weighted by Gasteiger charge is 2.16. The number of nitrogens with zero attached hydrogens (tertiary/aromatic N) is 2. The van der Waals surface area contributed by atoms with Crippen molar-refractivity contribution in [1.29, 1.82) is 0 Å². The van der Waals surface area contributed by atoms with E-state index in [0.29, 0.717) is 6.42 Å².